The van der Waals surface area contributed by atoms with Gasteiger partial charge < -0.3 is 10.2 Å². The summed E-state index contributed by atoms with van der Waals surface area (Å²) in [6.07, 6.45) is 0. The largest absolute Gasteiger partial charge is 0.378 e. The first-order valence-corrected chi connectivity index (χ1v) is 9.92. The van der Waals surface area contributed by atoms with E-state index in [1.165, 1.54) is 24.3 Å². The van der Waals surface area contributed by atoms with Crippen molar-refractivity contribution in [1.29, 1.82) is 0 Å². The predicted molar refractivity (Wildman–Crippen MR) is 122 cm³/mol. The molecule has 0 aliphatic carbocycles. The molecule has 0 spiro atoms. The highest BCUT2D eigenvalue weighted by Crippen LogP contribution is 2.35. The molecule has 0 radical (unpaired) electrons. The first-order chi connectivity index (χ1) is 14.8. The quantitative estimate of drug-likeness (QED) is 0.577. The van der Waals surface area contributed by atoms with Crippen LogP contribution in [0.25, 0.3) is 5.57 Å². The number of rotatable bonds is 5. The highest BCUT2D eigenvalue weighted by atomic mass is 35.5. The Morgan fingerprint density at radius 1 is 0.903 bits per heavy atom. The maximum Gasteiger partial charge on any atom is 0.282 e. The van der Waals surface area contributed by atoms with Crippen molar-refractivity contribution in [2.45, 2.75) is 0 Å². The molecule has 0 bridgehead atoms. The number of imide groups is 1. The molecule has 0 fully saturated rings. The zero-order chi connectivity index (χ0) is 22.1. The van der Waals surface area contributed by atoms with Crippen molar-refractivity contribution in [3.8, 4) is 0 Å². The van der Waals surface area contributed by atoms with Gasteiger partial charge in [-0.05, 0) is 60.2 Å². The summed E-state index contributed by atoms with van der Waals surface area (Å²) in [5, 5.41) is 3.52. The normalized spacial score (nSPS) is 13.7. The highest BCUT2D eigenvalue weighted by Gasteiger charge is 2.40. The van der Waals surface area contributed by atoms with Crippen molar-refractivity contribution < 1.29 is 14.0 Å². The van der Waals surface area contributed by atoms with Gasteiger partial charge in [0.2, 0.25) is 0 Å². The number of amides is 2. The lowest BCUT2D eigenvalue weighted by Crippen LogP contribution is -2.32. The molecular formula is C24H19ClFN3O2. The molecule has 7 heteroatoms. The van der Waals surface area contributed by atoms with Gasteiger partial charge in [-0.1, -0.05) is 29.8 Å². The van der Waals surface area contributed by atoms with Crippen LogP contribution < -0.4 is 15.1 Å². The Labute approximate surface area is 184 Å². The number of benzene rings is 3. The molecule has 1 aliphatic heterocycles. The van der Waals surface area contributed by atoms with Gasteiger partial charge in [0.15, 0.2) is 0 Å². The maximum absolute atomic E-state index is 13.4. The van der Waals surface area contributed by atoms with E-state index in [0.717, 1.165) is 10.6 Å². The summed E-state index contributed by atoms with van der Waals surface area (Å²) < 4.78 is 13.3. The van der Waals surface area contributed by atoms with Gasteiger partial charge in [-0.15, -0.1) is 0 Å². The van der Waals surface area contributed by atoms with Crippen molar-refractivity contribution in [2.75, 3.05) is 29.2 Å². The molecule has 0 aromatic heterocycles. The number of anilines is 3. The van der Waals surface area contributed by atoms with Crippen LogP contribution in [0.15, 0.2) is 78.5 Å². The minimum atomic E-state index is -0.491. The molecule has 0 saturated carbocycles. The molecule has 0 unspecified atom stereocenters. The number of carbonyl (C=O) groups is 2. The second-order valence-electron chi connectivity index (χ2n) is 7.25. The van der Waals surface area contributed by atoms with E-state index in [9.17, 15) is 14.0 Å². The summed E-state index contributed by atoms with van der Waals surface area (Å²) in [6.45, 7) is 0. The van der Waals surface area contributed by atoms with Crippen LogP contribution in [0, 0.1) is 5.82 Å². The molecule has 156 valence electrons. The lowest BCUT2D eigenvalue weighted by molar-refractivity contribution is -0.120. The third-order valence-corrected chi connectivity index (χ3v) is 5.19. The third-order valence-electron chi connectivity index (χ3n) is 4.93. The van der Waals surface area contributed by atoms with E-state index < -0.39 is 17.6 Å². The molecule has 0 atom stereocenters. The van der Waals surface area contributed by atoms with Crippen molar-refractivity contribution in [3.63, 3.8) is 0 Å². The van der Waals surface area contributed by atoms with E-state index >= 15 is 0 Å². The fourth-order valence-corrected chi connectivity index (χ4v) is 3.48. The van der Waals surface area contributed by atoms with Crippen LogP contribution in [0.3, 0.4) is 0 Å². The molecule has 4 rings (SSSR count). The smallest absolute Gasteiger partial charge is 0.282 e. The molecular weight excluding hydrogens is 417 g/mol. The van der Waals surface area contributed by atoms with E-state index in [1.54, 1.807) is 42.5 Å². The number of nitrogens with zero attached hydrogens (tertiary/aromatic N) is 2. The van der Waals surface area contributed by atoms with Crippen LogP contribution in [-0.2, 0) is 9.59 Å². The highest BCUT2D eigenvalue weighted by molar-refractivity contribution is 6.46. The van der Waals surface area contributed by atoms with E-state index in [0.29, 0.717) is 22.0 Å². The Bertz CT molecular complexity index is 1190. The third kappa shape index (κ3) is 4.02. The average Bonchev–Trinajstić information content (AvgIpc) is 3.00. The van der Waals surface area contributed by atoms with Crippen LogP contribution in [-0.4, -0.2) is 25.9 Å². The second-order valence-corrected chi connectivity index (χ2v) is 7.69. The Hall–Kier alpha value is -3.64. The zero-order valence-electron chi connectivity index (χ0n) is 16.9. The first kappa shape index (κ1) is 20.6. The fraction of sp³-hybridized carbons (Fsp3) is 0.0833. The SMILES string of the molecule is CN(C)c1cccc(N2C(=O)C(Nc3ccc(F)cc3)=C(c3ccc(Cl)cc3)C2=O)c1. The molecule has 0 saturated heterocycles. The lowest BCUT2D eigenvalue weighted by Gasteiger charge is -2.19. The summed E-state index contributed by atoms with van der Waals surface area (Å²) in [6, 6.07) is 19.4. The maximum atomic E-state index is 13.4. The minimum absolute atomic E-state index is 0.120. The van der Waals surface area contributed by atoms with Crippen molar-refractivity contribution in [3.05, 3.63) is 94.9 Å². The van der Waals surface area contributed by atoms with Gasteiger partial charge in [0, 0.05) is 30.5 Å². The van der Waals surface area contributed by atoms with Crippen molar-refractivity contribution in [1.82, 2.24) is 0 Å². The number of carbonyl (C=O) groups excluding carboxylic acids is 2. The van der Waals surface area contributed by atoms with Gasteiger partial charge in [-0.3, -0.25) is 9.59 Å². The lowest BCUT2D eigenvalue weighted by atomic mass is 10.0. The Morgan fingerprint density at radius 2 is 1.58 bits per heavy atom. The van der Waals surface area contributed by atoms with E-state index in [4.69, 9.17) is 11.6 Å². The Balaban J connectivity index is 1.81. The van der Waals surface area contributed by atoms with Gasteiger partial charge in [-0.25, -0.2) is 9.29 Å². The molecule has 3 aromatic rings. The first-order valence-electron chi connectivity index (χ1n) is 9.54. The van der Waals surface area contributed by atoms with Crippen LogP contribution in [0.1, 0.15) is 5.56 Å². The summed E-state index contributed by atoms with van der Waals surface area (Å²) in [7, 11) is 3.76. The zero-order valence-corrected chi connectivity index (χ0v) is 17.7. The van der Waals surface area contributed by atoms with Gasteiger partial charge in [-0.2, -0.15) is 0 Å². The van der Waals surface area contributed by atoms with Crippen LogP contribution in [0.4, 0.5) is 21.5 Å². The molecule has 3 aromatic carbocycles. The van der Waals surface area contributed by atoms with Gasteiger partial charge in [0.05, 0.1) is 11.3 Å². The molecule has 2 amide bonds. The minimum Gasteiger partial charge on any atom is -0.378 e. The standard InChI is InChI=1S/C24H19ClFN3O2/c1-28(2)19-4-3-5-20(14-19)29-23(30)21(15-6-8-16(25)9-7-15)22(24(29)31)27-18-12-10-17(26)11-13-18/h3-14,27H,1-2H3. The number of hydrogen-bond donors (Lipinski definition) is 1. The summed E-state index contributed by atoms with van der Waals surface area (Å²) in [4.78, 5) is 29.9. The second kappa shape index (κ2) is 8.24. The summed E-state index contributed by atoms with van der Waals surface area (Å²) in [5.74, 6) is -1.34. The molecule has 31 heavy (non-hydrogen) atoms. The number of nitrogens with one attached hydrogen (secondary N) is 1. The summed E-state index contributed by atoms with van der Waals surface area (Å²) >= 11 is 6.00. The van der Waals surface area contributed by atoms with Crippen molar-refractivity contribution in [2.24, 2.45) is 0 Å². The van der Waals surface area contributed by atoms with Gasteiger partial charge in [0.25, 0.3) is 11.8 Å². The molecule has 5 nitrogen and oxygen atoms in total. The van der Waals surface area contributed by atoms with Crippen LogP contribution in [0.2, 0.25) is 5.02 Å². The van der Waals surface area contributed by atoms with E-state index in [2.05, 4.69) is 5.32 Å². The molecule has 1 N–H and O–H groups in total. The Kier molecular flexibility index (Phi) is 5.48. The fourth-order valence-electron chi connectivity index (χ4n) is 3.35. The number of hydrogen-bond acceptors (Lipinski definition) is 4. The van der Waals surface area contributed by atoms with E-state index in [-0.39, 0.29) is 11.3 Å². The number of halogens is 2. The predicted octanol–water partition coefficient (Wildman–Crippen LogP) is 4.94. The Morgan fingerprint density at radius 3 is 2.23 bits per heavy atom. The van der Waals surface area contributed by atoms with Crippen LogP contribution in [0.5, 0.6) is 0 Å². The average molecular weight is 436 g/mol. The molecule has 1 aliphatic rings. The molecule has 1 heterocycles. The van der Waals surface area contributed by atoms with Gasteiger partial charge in [0.1, 0.15) is 11.5 Å². The topological polar surface area (TPSA) is 52.6 Å². The van der Waals surface area contributed by atoms with Gasteiger partial charge >= 0.3 is 0 Å². The van der Waals surface area contributed by atoms with Crippen molar-refractivity contribution >= 4 is 46.1 Å². The van der Waals surface area contributed by atoms with Crippen LogP contribution >= 0.6 is 11.6 Å². The monoisotopic (exact) mass is 435 g/mol. The van der Waals surface area contributed by atoms with E-state index in [1.807, 2.05) is 25.1 Å². The summed E-state index contributed by atoms with van der Waals surface area (Å²) in [5.41, 5.74) is 2.71.